The Bertz CT molecular complexity index is 1030. The van der Waals surface area contributed by atoms with Crippen molar-refractivity contribution < 1.29 is 9.59 Å². The van der Waals surface area contributed by atoms with Crippen LogP contribution in [0.3, 0.4) is 0 Å². The molecule has 2 aromatic carbocycles. The molecule has 0 atom stereocenters. The topological polar surface area (TPSA) is 97.3 Å². The van der Waals surface area contributed by atoms with Gasteiger partial charge < -0.3 is 20.9 Å². The molecule has 206 valence electrons. The van der Waals surface area contributed by atoms with E-state index in [-0.39, 0.29) is 5.91 Å². The molecule has 1 fully saturated rings. The van der Waals surface area contributed by atoms with E-state index in [4.69, 9.17) is 5.26 Å². The zero-order valence-electron chi connectivity index (χ0n) is 23.8. The molecular weight excluding hydrogens is 474 g/mol. The quantitative estimate of drug-likeness (QED) is 0.364. The van der Waals surface area contributed by atoms with Gasteiger partial charge in [-0.3, -0.25) is 9.59 Å². The molecule has 1 saturated heterocycles. The zero-order valence-corrected chi connectivity index (χ0v) is 23.8. The van der Waals surface area contributed by atoms with Gasteiger partial charge in [0.05, 0.1) is 11.6 Å². The summed E-state index contributed by atoms with van der Waals surface area (Å²) in [7, 11) is 1.84. The maximum absolute atomic E-state index is 10.8. The van der Waals surface area contributed by atoms with Crippen molar-refractivity contribution in [3.05, 3.63) is 71.3 Å². The summed E-state index contributed by atoms with van der Waals surface area (Å²) in [5.41, 5.74) is 5.91. The predicted molar refractivity (Wildman–Crippen MR) is 158 cm³/mol. The fourth-order valence-electron chi connectivity index (χ4n) is 4.11. The van der Waals surface area contributed by atoms with Gasteiger partial charge in [-0.1, -0.05) is 51.6 Å². The van der Waals surface area contributed by atoms with Crippen LogP contribution in [-0.4, -0.2) is 50.4 Å². The lowest BCUT2D eigenvalue weighted by Crippen LogP contribution is -2.31. The van der Waals surface area contributed by atoms with E-state index in [9.17, 15) is 9.59 Å². The van der Waals surface area contributed by atoms with Crippen LogP contribution in [-0.2, 0) is 9.59 Å². The maximum Gasteiger partial charge on any atom is 0.221 e. The van der Waals surface area contributed by atoms with Crippen LogP contribution >= 0.6 is 0 Å². The van der Waals surface area contributed by atoms with Crippen molar-refractivity contribution in [3.63, 3.8) is 0 Å². The number of benzene rings is 2. The molecule has 0 radical (unpaired) electrons. The summed E-state index contributed by atoms with van der Waals surface area (Å²) in [5, 5.41) is 17.4. The second-order valence-corrected chi connectivity index (χ2v) is 8.94. The van der Waals surface area contributed by atoms with Gasteiger partial charge in [-0.25, -0.2) is 0 Å². The van der Waals surface area contributed by atoms with Gasteiger partial charge in [0.2, 0.25) is 12.3 Å². The first-order valence-electron chi connectivity index (χ1n) is 13.6. The molecular formula is C31H45N5O2. The zero-order chi connectivity index (χ0) is 28.3. The largest absolute Gasteiger partial charge is 0.371 e. The third kappa shape index (κ3) is 10.8. The van der Waals surface area contributed by atoms with Crippen molar-refractivity contribution in [2.24, 2.45) is 0 Å². The molecule has 3 N–H and O–H groups in total. The summed E-state index contributed by atoms with van der Waals surface area (Å²) >= 11 is 0. The number of aryl methyl sites for hydroxylation is 1. The van der Waals surface area contributed by atoms with Gasteiger partial charge in [-0.15, -0.1) is 0 Å². The highest BCUT2D eigenvalue weighted by atomic mass is 16.1. The van der Waals surface area contributed by atoms with Crippen molar-refractivity contribution in [1.29, 1.82) is 5.26 Å². The second kappa shape index (κ2) is 18.6. The highest BCUT2D eigenvalue weighted by molar-refractivity contribution is 5.77. The van der Waals surface area contributed by atoms with Gasteiger partial charge in [-0.05, 0) is 74.0 Å². The number of amides is 2. The van der Waals surface area contributed by atoms with Crippen LogP contribution in [0.5, 0.6) is 0 Å². The van der Waals surface area contributed by atoms with E-state index in [0.717, 1.165) is 68.0 Å². The first-order valence-corrected chi connectivity index (χ1v) is 13.6. The van der Waals surface area contributed by atoms with E-state index < -0.39 is 0 Å². The van der Waals surface area contributed by atoms with Crippen molar-refractivity contribution in [2.45, 2.75) is 59.3 Å². The number of hydrogen-bond donors (Lipinski definition) is 3. The van der Waals surface area contributed by atoms with Crippen LogP contribution in [0.1, 0.15) is 74.6 Å². The van der Waals surface area contributed by atoms with Crippen LogP contribution in [0.2, 0.25) is 0 Å². The van der Waals surface area contributed by atoms with Crippen molar-refractivity contribution in [3.8, 4) is 6.07 Å². The summed E-state index contributed by atoms with van der Waals surface area (Å²) < 4.78 is 0. The molecule has 1 aliphatic heterocycles. The SMILES string of the molecule is C=C(c1ccc(C)c(NC=O)c1)N1CCC(c2ccc(C#N)cc2)CC1.CC.CCCNC(=O)CCNC. The van der Waals surface area contributed by atoms with Crippen LogP contribution in [0.15, 0.2) is 49.0 Å². The van der Waals surface area contributed by atoms with E-state index >= 15 is 0 Å². The Kier molecular flexibility index (Phi) is 15.8. The van der Waals surface area contributed by atoms with Gasteiger partial charge in [0.15, 0.2) is 0 Å². The summed E-state index contributed by atoms with van der Waals surface area (Å²) in [6, 6.07) is 16.2. The lowest BCUT2D eigenvalue weighted by molar-refractivity contribution is -0.121. The Labute approximate surface area is 229 Å². The number of hydrogen-bond acceptors (Lipinski definition) is 5. The highest BCUT2D eigenvalue weighted by Crippen LogP contribution is 2.32. The summed E-state index contributed by atoms with van der Waals surface area (Å²) in [6.45, 7) is 15.7. The van der Waals surface area contributed by atoms with Crippen LogP contribution in [0.25, 0.3) is 5.70 Å². The van der Waals surface area contributed by atoms with Crippen LogP contribution < -0.4 is 16.0 Å². The van der Waals surface area contributed by atoms with E-state index in [1.807, 2.05) is 59.0 Å². The van der Waals surface area contributed by atoms with Crippen molar-refractivity contribution in [1.82, 2.24) is 15.5 Å². The van der Waals surface area contributed by atoms with E-state index in [0.29, 0.717) is 24.3 Å². The summed E-state index contributed by atoms with van der Waals surface area (Å²) in [6.07, 6.45) is 4.42. The smallest absolute Gasteiger partial charge is 0.221 e. The maximum atomic E-state index is 10.8. The van der Waals surface area contributed by atoms with E-state index in [2.05, 4.69) is 51.7 Å². The lowest BCUT2D eigenvalue weighted by atomic mass is 9.88. The molecule has 0 aromatic heterocycles. The van der Waals surface area contributed by atoms with Crippen LogP contribution in [0.4, 0.5) is 5.69 Å². The molecule has 0 bridgehead atoms. The second-order valence-electron chi connectivity index (χ2n) is 8.94. The van der Waals surface area contributed by atoms with Crippen LogP contribution in [0, 0.1) is 18.3 Å². The third-order valence-corrected chi connectivity index (χ3v) is 6.35. The molecule has 7 nitrogen and oxygen atoms in total. The predicted octanol–water partition coefficient (Wildman–Crippen LogP) is 5.43. The number of piperidine rings is 1. The fraction of sp³-hybridized carbons (Fsp3) is 0.452. The minimum atomic E-state index is 0.135. The van der Waals surface area contributed by atoms with Crippen molar-refractivity contribution >= 4 is 23.7 Å². The molecule has 1 aliphatic rings. The number of nitrogens with one attached hydrogen (secondary N) is 3. The third-order valence-electron chi connectivity index (χ3n) is 6.35. The average Bonchev–Trinajstić information content (AvgIpc) is 2.97. The molecule has 38 heavy (non-hydrogen) atoms. The molecule has 2 aromatic rings. The average molecular weight is 520 g/mol. The molecule has 1 heterocycles. The Morgan fingerprint density at radius 1 is 1.13 bits per heavy atom. The molecule has 7 heteroatoms. The number of nitriles is 1. The Morgan fingerprint density at radius 2 is 1.79 bits per heavy atom. The minimum Gasteiger partial charge on any atom is -0.371 e. The first kappa shape index (κ1) is 32.4. The van der Waals surface area contributed by atoms with Gasteiger partial charge in [0, 0.05) is 44.0 Å². The van der Waals surface area contributed by atoms with Gasteiger partial charge in [-0.2, -0.15) is 5.26 Å². The number of likely N-dealkylation sites (tertiary alicyclic amines) is 1. The van der Waals surface area contributed by atoms with E-state index in [1.54, 1.807) is 0 Å². The number of carbonyl (C=O) groups is 2. The molecule has 3 rings (SSSR count). The van der Waals surface area contributed by atoms with Gasteiger partial charge in [0.25, 0.3) is 0 Å². The van der Waals surface area contributed by atoms with Crippen molar-refractivity contribution in [2.75, 3.05) is 38.5 Å². The molecule has 0 saturated carbocycles. The number of anilines is 1. The minimum absolute atomic E-state index is 0.135. The monoisotopic (exact) mass is 519 g/mol. The molecule has 0 spiro atoms. The lowest BCUT2D eigenvalue weighted by Gasteiger charge is -2.35. The normalized spacial score (nSPS) is 12.6. The number of nitrogens with zero attached hydrogens (tertiary/aromatic N) is 2. The molecule has 0 aliphatic carbocycles. The number of carbonyl (C=O) groups excluding carboxylic acids is 2. The number of rotatable bonds is 10. The van der Waals surface area contributed by atoms with Gasteiger partial charge in [0.1, 0.15) is 0 Å². The summed E-state index contributed by atoms with van der Waals surface area (Å²) in [5.74, 6) is 0.660. The molecule has 0 unspecified atom stereocenters. The fourth-order valence-corrected chi connectivity index (χ4v) is 4.11. The highest BCUT2D eigenvalue weighted by Gasteiger charge is 2.22. The Balaban J connectivity index is 0.000000510. The molecule has 2 amide bonds. The Morgan fingerprint density at radius 3 is 2.34 bits per heavy atom. The standard InChI is InChI=1S/C22H23N3O.C7H16N2O.C2H6/c1-16-3-6-21(13-22(16)24-15-26)17(2)25-11-9-20(10-12-25)19-7-4-18(14-23)5-8-19;1-3-5-9-7(10)4-6-8-2;1-2/h3-8,13,15,20H,2,9-12H2,1H3,(H,24,26);8H,3-6H2,1-2H3,(H,9,10);1-2H3. The van der Waals surface area contributed by atoms with Gasteiger partial charge >= 0.3 is 0 Å². The van der Waals surface area contributed by atoms with E-state index in [1.165, 1.54) is 5.56 Å². The summed E-state index contributed by atoms with van der Waals surface area (Å²) in [4.78, 5) is 23.9. The first-order chi connectivity index (χ1) is 18.4. The Hall–Kier alpha value is -3.63.